The van der Waals surface area contributed by atoms with Gasteiger partial charge in [-0.25, -0.2) is 9.79 Å². The Morgan fingerprint density at radius 1 is 1.28 bits per heavy atom. The quantitative estimate of drug-likeness (QED) is 0.624. The predicted molar refractivity (Wildman–Crippen MR) is 116 cm³/mol. The topological polar surface area (TPSA) is 62.2 Å². The number of aliphatic imine (C=N–C) groups is 1. The molecule has 0 saturated heterocycles. The van der Waals surface area contributed by atoms with E-state index in [2.05, 4.69) is 4.99 Å². The van der Waals surface area contributed by atoms with Gasteiger partial charge in [0.15, 0.2) is 5.17 Å². The molecule has 3 rings (SSSR count). The molecule has 6 nitrogen and oxygen atoms in total. The minimum atomic E-state index is -0.431. The third-order valence-electron chi connectivity index (χ3n) is 4.91. The number of amidine groups is 1. The standard InChI is InChI=1S/C21H24ClN3O3S/c1-5-24(4)17(26)11-16-12-29-21-23-13(3)18(20(27)28-6-2)19(25(16)21)14-7-9-15(22)10-8-14/h7-10,12,19H,5-6,11H2,1-4H3. The van der Waals surface area contributed by atoms with Crippen molar-refractivity contribution in [2.24, 2.45) is 4.99 Å². The number of halogens is 1. The van der Waals surface area contributed by atoms with E-state index in [1.165, 1.54) is 11.8 Å². The smallest absolute Gasteiger partial charge is 0.338 e. The molecule has 0 aliphatic carbocycles. The summed E-state index contributed by atoms with van der Waals surface area (Å²) in [7, 11) is 1.78. The fourth-order valence-electron chi connectivity index (χ4n) is 3.27. The number of esters is 1. The lowest BCUT2D eigenvalue weighted by Gasteiger charge is -2.36. The Hall–Kier alpha value is -2.25. The molecule has 0 spiro atoms. The first kappa shape index (κ1) is 21.5. The van der Waals surface area contributed by atoms with Crippen LogP contribution in [0.4, 0.5) is 0 Å². The number of allylic oxidation sites excluding steroid dienone is 1. The monoisotopic (exact) mass is 433 g/mol. The molecule has 0 bridgehead atoms. The van der Waals surface area contributed by atoms with E-state index in [9.17, 15) is 9.59 Å². The van der Waals surface area contributed by atoms with Gasteiger partial charge >= 0.3 is 5.97 Å². The highest BCUT2D eigenvalue weighted by molar-refractivity contribution is 8.16. The van der Waals surface area contributed by atoms with Gasteiger partial charge in [0.1, 0.15) is 0 Å². The SMILES string of the molecule is CCOC(=O)C1=C(C)N=C2SC=C(CC(=O)N(C)CC)N2C1c1ccc(Cl)cc1. The highest BCUT2D eigenvalue weighted by atomic mass is 35.5. The van der Waals surface area contributed by atoms with Gasteiger partial charge in [-0.2, -0.15) is 0 Å². The van der Waals surface area contributed by atoms with E-state index in [1.54, 1.807) is 31.0 Å². The molecular weight excluding hydrogens is 410 g/mol. The second-order valence-corrected chi connectivity index (χ2v) is 8.02. The summed E-state index contributed by atoms with van der Waals surface area (Å²) in [6.07, 6.45) is 0.232. The van der Waals surface area contributed by atoms with E-state index in [1.807, 2.05) is 36.3 Å². The van der Waals surface area contributed by atoms with E-state index in [-0.39, 0.29) is 18.9 Å². The number of hydrogen-bond donors (Lipinski definition) is 0. The second kappa shape index (κ2) is 9.05. The summed E-state index contributed by atoms with van der Waals surface area (Å²) in [4.78, 5) is 33.7. The van der Waals surface area contributed by atoms with Gasteiger partial charge in [-0.1, -0.05) is 35.5 Å². The number of hydrogen-bond acceptors (Lipinski definition) is 6. The molecular formula is C21H24ClN3O3S. The van der Waals surface area contributed by atoms with Crippen molar-refractivity contribution in [1.82, 2.24) is 9.80 Å². The average Bonchev–Trinajstić information content (AvgIpc) is 3.09. The van der Waals surface area contributed by atoms with Gasteiger partial charge in [0.05, 0.1) is 30.3 Å². The minimum absolute atomic E-state index is 0.0133. The Kier molecular flexibility index (Phi) is 6.70. The van der Waals surface area contributed by atoms with Crippen molar-refractivity contribution in [3.63, 3.8) is 0 Å². The third-order valence-corrected chi connectivity index (χ3v) is 6.05. The van der Waals surface area contributed by atoms with Gasteiger partial charge in [-0.15, -0.1) is 0 Å². The lowest BCUT2D eigenvalue weighted by Crippen LogP contribution is -2.38. The first-order valence-electron chi connectivity index (χ1n) is 9.48. The number of carbonyl (C=O) groups is 2. The molecule has 1 atom stereocenters. The van der Waals surface area contributed by atoms with Gasteiger partial charge < -0.3 is 14.5 Å². The molecule has 2 aliphatic heterocycles. The molecule has 0 radical (unpaired) electrons. The zero-order valence-electron chi connectivity index (χ0n) is 16.9. The van der Waals surface area contributed by atoms with Crippen LogP contribution in [0.25, 0.3) is 0 Å². The summed E-state index contributed by atoms with van der Waals surface area (Å²) >= 11 is 7.54. The number of thioether (sulfide) groups is 1. The predicted octanol–water partition coefficient (Wildman–Crippen LogP) is 4.35. The minimum Gasteiger partial charge on any atom is -0.463 e. The number of ether oxygens (including phenoxy) is 1. The molecule has 2 aliphatic rings. The number of rotatable bonds is 6. The number of amides is 1. The lowest BCUT2D eigenvalue weighted by atomic mass is 9.94. The molecule has 1 aromatic carbocycles. The number of fused-ring (bicyclic) bond motifs is 1. The molecule has 2 heterocycles. The highest BCUT2D eigenvalue weighted by Gasteiger charge is 2.41. The zero-order valence-corrected chi connectivity index (χ0v) is 18.5. The molecule has 0 saturated carbocycles. The van der Waals surface area contributed by atoms with Gasteiger partial charge in [0, 0.05) is 24.3 Å². The maximum atomic E-state index is 12.8. The summed E-state index contributed by atoms with van der Waals surface area (Å²) < 4.78 is 5.33. The van der Waals surface area contributed by atoms with Crippen LogP contribution in [0.1, 0.15) is 38.8 Å². The van der Waals surface area contributed by atoms with Gasteiger partial charge in [0.2, 0.25) is 5.91 Å². The van der Waals surface area contributed by atoms with Gasteiger partial charge in [0.25, 0.3) is 0 Å². The largest absolute Gasteiger partial charge is 0.463 e. The van der Waals surface area contributed by atoms with Crippen molar-refractivity contribution in [3.8, 4) is 0 Å². The third kappa shape index (κ3) is 4.36. The van der Waals surface area contributed by atoms with E-state index in [0.29, 0.717) is 22.8 Å². The van der Waals surface area contributed by atoms with Crippen LogP contribution >= 0.6 is 23.4 Å². The van der Waals surface area contributed by atoms with Crippen LogP contribution in [-0.2, 0) is 14.3 Å². The van der Waals surface area contributed by atoms with Crippen LogP contribution in [0, 0.1) is 0 Å². The molecule has 1 amide bonds. The van der Waals surface area contributed by atoms with Crippen molar-refractivity contribution in [2.75, 3.05) is 20.2 Å². The van der Waals surface area contributed by atoms with Crippen LogP contribution < -0.4 is 0 Å². The maximum absolute atomic E-state index is 12.8. The van der Waals surface area contributed by atoms with E-state index < -0.39 is 12.0 Å². The van der Waals surface area contributed by atoms with Crippen molar-refractivity contribution >= 4 is 40.4 Å². The molecule has 154 valence electrons. The average molecular weight is 434 g/mol. The molecule has 8 heteroatoms. The molecule has 0 fully saturated rings. The second-order valence-electron chi connectivity index (χ2n) is 6.75. The van der Waals surface area contributed by atoms with Crippen molar-refractivity contribution in [3.05, 3.63) is 57.2 Å². The Morgan fingerprint density at radius 3 is 2.59 bits per heavy atom. The zero-order chi connectivity index (χ0) is 21.1. The molecule has 29 heavy (non-hydrogen) atoms. The van der Waals surface area contributed by atoms with Crippen LogP contribution in [-0.4, -0.2) is 47.0 Å². The first-order valence-corrected chi connectivity index (χ1v) is 10.7. The summed E-state index contributed by atoms with van der Waals surface area (Å²) in [5.41, 5.74) is 2.79. The number of nitrogens with zero attached hydrogens (tertiary/aromatic N) is 3. The highest BCUT2D eigenvalue weighted by Crippen LogP contribution is 2.45. The fraction of sp³-hybridized carbons (Fsp3) is 0.381. The van der Waals surface area contributed by atoms with Crippen molar-refractivity contribution in [2.45, 2.75) is 33.2 Å². The molecule has 1 aromatic rings. The summed E-state index contributed by atoms with van der Waals surface area (Å²) in [6.45, 7) is 6.43. The Labute approximate surface area is 180 Å². The molecule has 0 N–H and O–H groups in total. The van der Waals surface area contributed by atoms with Gasteiger partial charge in [-0.3, -0.25) is 4.79 Å². The Balaban J connectivity index is 2.05. The van der Waals surface area contributed by atoms with E-state index in [4.69, 9.17) is 16.3 Å². The van der Waals surface area contributed by atoms with Crippen LogP contribution in [0.5, 0.6) is 0 Å². The van der Waals surface area contributed by atoms with Crippen LogP contribution in [0.3, 0.4) is 0 Å². The summed E-state index contributed by atoms with van der Waals surface area (Å²) in [5, 5.41) is 3.30. The number of benzene rings is 1. The van der Waals surface area contributed by atoms with Crippen LogP contribution in [0.2, 0.25) is 5.02 Å². The Morgan fingerprint density at radius 2 is 1.97 bits per heavy atom. The summed E-state index contributed by atoms with van der Waals surface area (Å²) in [5.74, 6) is -0.389. The van der Waals surface area contributed by atoms with Crippen LogP contribution in [0.15, 0.2) is 51.6 Å². The first-order chi connectivity index (χ1) is 13.9. The van der Waals surface area contributed by atoms with Gasteiger partial charge in [-0.05, 0) is 43.9 Å². The normalized spacial score (nSPS) is 18.2. The van der Waals surface area contributed by atoms with Crippen molar-refractivity contribution < 1.29 is 14.3 Å². The number of carbonyl (C=O) groups excluding carboxylic acids is 2. The van der Waals surface area contributed by atoms with E-state index >= 15 is 0 Å². The Bertz CT molecular complexity index is 908. The molecule has 0 aromatic heterocycles. The molecule has 1 unspecified atom stereocenters. The fourth-order valence-corrected chi connectivity index (χ4v) is 4.36. The summed E-state index contributed by atoms with van der Waals surface area (Å²) in [6, 6.07) is 6.94. The maximum Gasteiger partial charge on any atom is 0.338 e. The lowest BCUT2D eigenvalue weighted by molar-refractivity contribution is -0.139. The van der Waals surface area contributed by atoms with E-state index in [0.717, 1.165) is 16.4 Å². The van der Waals surface area contributed by atoms with Crippen molar-refractivity contribution in [1.29, 1.82) is 0 Å².